The number of amides is 1. The molecular formula is C17H18ClNO3. The molecule has 2 N–H and O–H groups in total. The van der Waals surface area contributed by atoms with Crippen LogP contribution in [0.2, 0.25) is 5.02 Å². The minimum atomic E-state index is -0.316. The van der Waals surface area contributed by atoms with Crippen LogP contribution in [0.1, 0.15) is 22.8 Å². The van der Waals surface area contributed by atoms with E-state index in [9.17, 15) is 4.79 Å². The molecule has 1 amide bonds. The van der Waals surface area contributed by atoms with Crippen molar-refractivity contribution in [2.75, 3.05) is 6.61 Å². The quantitative estimate of drug-likeness (QED) is 0.860. The lowest BCUT2D eigenvalue weighted by molar-refractivity contribution is 0.0918. The lowest BCUT2D eigenvalue weighted by Crippen LogP contribution is -2.35. The van der Waals surface area contributed by atoms with Gasteiger partial charge in [0, 0.05) is 16.6 Å². The SMILES string of the molecule is CC(CO)NC(=O)c1ccccc1OCc1ccccc1Cl. The Bertz CT molecular complexity index is 645. The molecule has 0 aromatic heterocycles. The number of hydrogen-bond acceptors (Lipinski definition) is 3. The van der Waals surface area contributed by atoms with Crippen molar-refractivity contribution in [1.29, 1.82) is 0 Å². The molecule has 2 aromatic carbocycles. The van der Waals surface area contributed by atoms with Crippen LogP contribution in [0, 0.1) is 0 Å². The number of aliphatic hydroxyl groups is 1. The van der Waals surface area contributed by atoms with Crippen molar-refractivity contribution < 1.29 is 14.6 Å². The molecule has 0 aliphatic rings. The molecule has 0 aliphatic heterocycles. The summed E-state index contributed by atoms with van der Waals surface area (Å²) < 4.78 is 5.73. The Morgan fingerprint density at radius 1 is 1.23 bits per heavy atom. The van der Waals surface area contributed by atoms with Crippen molar-refractivity contribution in [3.8, 4) is 5.75 Å². The largest absolute Gasteiger partial charge is 0.488 e. The molecule has 0 heterocycles. The Morgan fingerprint density at radius 3 is 2.64 bits per heavy atom. The molecule has 0 aliphatic carbocycles. The number of para-hydroxylation sites is 1. The third-order valence-corrected chi connectivity index (χ3v) is 3.49. The van der Waals surface area contributed by atoms with Crippen LogP contribution in [0.5, 0.6) is 5.75 Å². The zero-order chi connectivity index (χ0) is 15.9. The van der Waals surface area contributed by atoms with E-state index < -0.39 is 0 Å². The summed E-state index contributed by atoms with van der Waals surface area (Å²) >= 11 is 6.09. The highest BCUT2D eigenvalue weighted by Crippen LogP contribution is 2.22. The topological polar surface area (TPSA) is 58.6 Å². The molecule has 0 spiro atoms. The van der Waals surface area contributed by atoms with Crippen LogP contribution in [0.4, 0.5) is 0 Å². The molecule has 5 heteroatoms. The number of rotatable bonds is 6. The minimum Gasteiger partial charge on any atom is -0.488 e. The summed E-state index contributed by atoms with van der Waals surface area (Å²) in [6, 6.07) is 14.1. The van der Waals surface area contributed by atoms with Gasteiger partial charge in [0.1, 0.15) is 12.4 Å². The predicted octanol–water partition coefficient (Wildman–Crippen LogP) is 3.03. The van der Waals surface area contributed by atoms with Gasteiger partial charge in [0.25, 0.3) is 5.91 Å². The molecule has 0 saturated carbocycles. The number of aliphatic hydroxyl groups excluding tert-OH is 1. The summed E-state index contributed by atoms with van der Waals surface area (Å²) in [4.78, 5) is 12.2. The lowest BCUT2D eigenvalue weighted by atomic mass is 10.1. The third-order valence-electron chi connectivity index (χ3n) is 3.12. The van der Waals surface area contributed by atoms with Gasteiger partial charge in [-0.05, 0) is 25.1 Å². The number of carbonyl (C=O) groups excluding carboxylic acids is 1. The molecule has 0 bridgehead atoms. The predicted molar refractivity (Wildman–Crippen MR) is 86.2 cm³/mol. The zero-order valence-corrected chi connectivity index (χ0v) is 13.0. The first-order valence-electron chi connectivity index (χ1n) is 6.98. The van der Waals surface area contributed by atoms with Crippen LogP contribution in [-0.2, 0) is 6.61 Å². The van der Waals surface area contributed by atoms with Crippen LogP contribution < -0.4 is 10.1 Å². The first-order chi connectivity index (χ1) is 10.6. The third kappa shape index (κ3) is 4.23. The highest BCUT2D eigenvalue weighted by molar-refractivity contribution is 6.31. The van der Waals surface area contributed by atoms with E-state index in [-0.39, 0.29) is 25.2 Å². The van der Waals surface area contributed by atoms with Gasteiger partial charge in [0.15, 0.2) is 0 Å². The second-order valence-corrected chi connectivity index (χ2v) is 5.34. The van der Waals surface area contributed by atoms with Crippen molar-refractivity contribution >= 4 is 17.5 Å². The van der Waals surface area contributed by atoms with E-state index in [0.717, 1.165) is 5.56 Å². The van der Waals surface area contributed by atoms with Gasteiger partial charge >= 0.3 is 0 Å². The molecule has 1 atom stereocenters. The van der Waals surface area contributed by atoms with Gasteiger partial charge in [-0.15, -0.1) is 0 Å². The second kappa shape index (κ2) is 7.82. The fourth-order valence-electron chi connectivity index (χ4n) is 1.90. The van der Waals surface area contributed by atoms with E-state index in [0.29, 0.717) is 16.3 Å². The van der Waals surface area contributed by atoms with Gasteiger partial charge in [-0.3, -0.25) is 4.79 Å². The first-order valence-corrected chi connectivity index (χ1v) is 7.36. The minimum absolute atomic E-state index is 0.117. The zero-order valence-electron chi connectivity index (χ0n) is 12.3. The van der Waals surface area contributed by atoms with Crippen molar-refractivity contribution in [2.24, 2.45) is 0 Å². The number of ether oxygens (including phenoxy) is 1. The van der Waals surface area contributed by atoms with Crippen molar-refractivity contribution in [2.45, 2.75) is 19.6 Å². The lowest BCUT2D eigenvalue weighted by Gasteiger charge is -2.14. The van der Waals surface area contributed by atoms with E-state index in [1.54, 1.807) is 37.3 Å². The molecule has 0 saturated heterocycles. The smallest absolute Gasteiger partial charge is 0.255 e. The maximum absolute atomic E-state index is 12.2. The Hall–Kier alpha value is -2.04. The summed E-state index contributed by atoms with van der Waals surface area (Å²) in [6.07, 6.45) is 0. The van der Waals surface area contributed by atoms with E-state index in [1.165, 1.54) is 0 Å². The molecule has 2 aromatic rings. The fraction of sp³-hybridized carbons (Fsp3) is 0.235. The van der Waals surface area contributed by atoms with Crippen molar-refractivity contribution in [3.63, 3.8) is 0 Å². The standard InChI is InChI=1S/C17H18ClNO3/c1-12(10-20)19-17(21)14-7-3-5-9-16(14)22-11-13-6-2-4-8-15(13)18/h2-9,12,20H,10-11H2,1H3,(H,19,21). The van der Waals surface area contributed by atoms with Gasteiger partial charge in [-0.25, -0.2) is 0 Å². The van der Waals surface area contributed by atoms with Crippen LogP contribution in [0.3, 0.4) is 0 Å². The number of hydrogen-bond donors (Lipinski definition) is 2. The van der Waals surface area contributed by atoms with Crippen LogP contribution in [-0.4, -0.2) is 23.7 Å². The summed E-state index contributed by atoms with van der Waals surface area (Å²) in [5.41, 5.74) is 1.28. The van der Waals surface area contributed by atoms with Crippen molar-refractivity contribution in [3.05, 3.63) is 64.7 Å². The van der Waals surface area contributed by atoms with Crippen LogP contribution >= 0.6 is 11.6 Å². The molecule has 2 rings (SSSR count). The molecule has 0 radical (unpaired) electrons. The number of benzene rings is 2. The van der Waals surface area contributed by atoms with Gasteiger partial charge < -0.3 is 15.2 Å². The molecule has 116 valence electrons. The van der Waals surface area contributed by atoms with Crippen LogP contribution in [0.25, 0.3) is 0 Å². The summed E-state index contributed by atoms with van der Waals surface area (Å²) in [7, 11) is 0. The van der Waals surface area contributed by atoms with Gasteiger partial charge in [0.05, 0.1) is 12.2 Å². The average molecular weight is 320 g/mol. The van der Waals surface area contributed by atoms with Gasteiger partial charge in [-0.1, -0.05) is 41.9 Å². The first kappa shape index (κ1) is 16.3. The molecule has 1 unspecified atom stereocenters. The van der Waals surface area contributed by atoms with Crippen LogP contribution in [0.15, 0.2) is 48.5 Å². The normalized spacial score (nSPS) is 11.8. The monoisotopic (exact) mass is 319 g/mol. The van der Waals surface area contributed by atoms with Gasteiger partial charge in [0.2, 0.25) is 0 Å². The Labute approximate surface area is 134 Å². The highest BCUT2D eigenvalue weighted by Gasteiger charge is 2.14. The Morgan fingerprint density at radius 2 is 1.91 bits per heavy atom. The maximum atomic E-state index is 12.2. The molecule has 0 fully saturated rings. The average Bonchev–Trinajstić information content (AvgIpc) is 2.54. The summed E-state index contributed by atoms with van der Waals surface area (Å²) in [5.74, 6) is 0.196. The summed E-state index contributed by atoms with van der Waals surface area (Å²) in [5, 5.41) is 12.3. The maximum Gasteiger partial charge on any atom is 0.255 e. The number of carbonyl (C=O) groups is 1. The van der Waals surface area contributed by atoms with E-state index in [4.69, 9.17) is 21.4 Å². The van der Waals surface area contributed by atoms with E-state index in [1.807, 2.05) is 18.2 Å². The van der Waals surface area contributed by atoms with Gasteiger partial charge in [-0.2, -0.15) is 0 Å². The molecule has 4 nitrogen and oxygen atoms in total. The van der Waals surface area contributed by atoms with E-state index in [2.05, 4.69) is 5.32 Å². The number of halogens is 1. The molecule has 22 heavy (non-hydrogen) atoms. The summed E-state index contributed by atoms with van der Waals surface area (Å²) in [6.45, 7) is 1.89. The Balaban J connectivity index is 2.11. The Kier molecular flexibility index (Phi) is 5.81. The number of nitrogens with one attached hydrogen (secondary N) is 1. The molecular weight excluding hydrogens is 302 g/mol. The van der Waals surface area contributed by atoms with E-state index >= 15 is 0 Å². The second-order valence-electron chi connectivity index (χ2n) is 4.93. The fourth-order valence-corrected chi connectivity index (χ4v) is 2.09. The highest BCUT2D eigenvalue weighted by atomic mass is 35.5. The van der Waals surface area contributed by atoms with Crippen molar-refractivity contribution in [1.82, 2.24) is 5.32 Å².